The van der Waals surface area contributed by atoms with Gasteiger partial charge in [-0.15, -0.1) is 24.0 Å². The first-order valence-corrected chi connectivity index (χ1v) is 10.00. The van der Waals surface area contributed by atoms with Gasteiger partial charge in [0.05, 0.1) is 5.69 Å². The number of nitrogens with one attached hydrogen (secondary N) is 2. The summed E-state index contributed by atoms with van der Waals surface area (Å²) in [5, 5.41) is 6.75. The maximum Gasteiger partial charge on any atom is 0.191 e. The Labute approximate surface area is 179 Å². The van der Waals surface area contributed by atoms with E-state index >= 15 is 0 Å². The number of rotatable bonds is 8. The van der Waals surface area contributed by atoms with Crippen molar-refractivity contribution in [1.29, 1.82) is 0 Å². The zero-order chi connectivity index (χ0) is 18.2. The summed E-state index contributed by atoms with van der Waals surface area (Å²) in [6.07, 6.45) is 3.76. The van der Waals surface area contributed by atoms with Crippen molar-refractivity contribution in [3.63, 3.8) is 0 Å². The lowest BCUT2D eigenvalue weighted by Gasteiger charge is -2.36. The molecule has 1 saturated carbocycles. The van der Waals surface area contributed by atoms with Gasteiger partial charge in [0.15, 0.2) is 5.96 Å². The summed E-state index contributed by atoms with van der Waals surface area (Å²) in [6, 6.07) is 7.07. The lowest BCUT2D eigenvalue weighted by atomic mass is 10.2. The Morgan fingerprint density at radius 2 is 1.89 bits per heavy atom. The van der Waals surface area contributed by atoms with Gasteiger partial charge in [-0.05, 0) is 50.8 Å². The molecule has 1 saturated heterocycles. The predicted molar refractivity (Wildman–Crippen MR) is 122 cm³/mol. The summed E-state index contributed by atoms with van der Waals surface area (Å²) >= 11 is 0. The van der Waals surface area contributed by atoms with E-state index in [0.717, 1.165) is 76.3 Å². The Morgan fingerprint density at radius 1 is 1.15 bits per heavy atom. The normalized spacial score (nSPS) is 18.1. The molecule has 0 bridgehead atoms. The predicted octanol–water partition coefficient (Wildman–Crippen LogP) is 2.92. The lowest BCUT2D eigenvalue weighted by Crippen LogP contribution is -2.47. The third kappa shape index (κ3) is 7.44. The second-order valence-corrected chi connectivity index (χ2v) is 7.22. The van der Waals surface area contributed by atoms with Crippen LogP contribution in [0, 0.1) is 11.7 Å². The molecule has 0 atom stereocenters. The topological polar surface area (TPSA) is 42.9 Å². The molecular weight excluding hydrogens is 456 g/mol. The van der Waals surface area contributed by atoms with Gasteiger partial charge in [0.2, 0.25) is 0 Å². The first-order chi connectivity index (χ1) is 12.8. The molecule has 1 aromatic carbocycles. The van der Waals surface area contributed by atoms with E-state index in [0.29, 0.717) is 0 Å². The smallest absolute Gasteiger partial charge is 0.191 e. The van der Waals surface area contributed by atoms with E-state index in [4.69, 9.17) is 0 Å². The molecule has 1 aromatic rings. The van der Waals surface area contributed by atoms with E-state index < -0.39 is 0 Å². The van der Waals surface area contributed by atoms with Crippen LogP contribution in [0.5, 0.6) is 0 Å². The molecular formula is C20H33FIN5. The van der Waals surface area contributed by atoms with E-state index in [1.54, 1.807) is 12.1 Å². The molecule has 27 heavy (non-hydrogen) atoms. The molecule has 2 aliphatic rings. The zero-order valence-electron chi connectivity index (χ0n) is 16.3. The number of hydrogen-bond donors (Lipinski definition) is 2. The molecule has 0 aromatic heterocycles. The molecule has 2 fully saturated rings. The number of halogens is 2. The fourth-order valence-corrected chi connectivity index (χ4v) is 3.29. The number of anilines is 1. The number of aliphatic imine (C=N–C) groups is 1. The van der Waals surface area contributed by atoms with Crippen molar-refractivity contribution in [3.05, 3.63) is 30.1 Å². The van der Waals surface area contributed by atoms with Gasteiger partial charge in [-0.25, -0.2) is 4.39 Å². The van der Waals surface area contributed by atoms with Crippen molar-refractivity contribution in [3.8, 4) is 0 Å². The Bertz CT molecular complexity index is 585. The molecule has 1 aliphatic heterocycles. The Morgan fingerprint density at radius 3 is 2.56 bits per heavy atom. The minimum absolute atomic E-state index is 0. The number of hydrogen-bond acceptors (Lipinski definition) is 3. The van der Waals surface area contributed by atoms with Crippen molar-refractivity contribution in [2.24, 2.45) is 10.9 Å². The molecule has 0 unspecified atom stereocenters. The third-order valence-corrected chi connectivity index (χ3v) is 5.06. The quantitative estimate of drug-likeness (QED) is 0.255. The average molecular weight is 489 g/mol. The molecule has 5 nitrogen and oxygen atoms in total. The van der Waals surface area contributed by atoms with Gasteiger partial charge >= 0.3 is 0 Å². The Balaban J connectivity index is 0.00000261. The number of benzene rings is 1. The third-order valence-electron chi connectivity index (χ3n) is 5.06. The van der Waals surface area contributed by atoms with E-state index in [1.807, 2.05) is 12.1 Å². The average Bonchev–Trinajstić information content (AvgIpc) is 3.49. The van der Waals surface area contributed by atoms with Crippen LogP contribution >= 0.6 is 24.0 Å². The molecule has 1 aliphatic carbocycles. The summed E-state index contributed by atoms with van der Waals surface area (Å²) in [4.78, 5) is 9.27. The van der Waals surface area contributed by atoms with Crippen LogP contribution in [0.25, 0.3) is 0 Å². The van der Waals surface area contributed by atoms with Gasteiger partial charge in [0.1, 0.15) is 5.82 Å². The minimum atomic E-state index is -0.119. The fraction of sp³-hybridized carbons (Fsp3) is 0.650. The zero-order valence-corrected chi connectivity index (χ0v) is 18.6. The second kappa shape index (κ2) is 11.7. The summed E-state index contributed by atoms with van der Waals surface area (Å²) in [5.41, 5.74) is 0.732. The van der Waals surface area contributed by atoms with Crippen molar-refractivity contribution in [1.82, 2.24) is 15.5 Å². The van der Waals surface area contributed by atoms with Crippen molar-refractivity contribution < 1.29 is 4.39 Å². The highest BCUT2D eigenvalue weighted by Crippen LogP contribution is 2.28. The van der Waals surface area contributed by atoms with Crippen molar-refractivity contribution in [2.75, 3.05) is 57.3 Å². The highest BCUT2D eigenvalue weighted by molar-refractivity contribution is 14.0. The van der Waals surface area contributed by atoms with Gasteiger partial charge < -0.3 is 15.5 Å². The van der Waals surface area contributed by atoms with Crippen LogP contribution in [0.2, 0.25) is 0 Å². The van der Waals surface area contributed by atoms with Crippen LogP contribution in [-0.4, -0.2) is 63.2 Å². The summed E-state index contributed by atoms with van der Waals surface area (Å²) in [7, 11) is 0. The SMILES string of the molecule is CCNC(=NCC1CC1)NCCCN1CCN(c2ccccc2F)CC1.I. The van der Waals surface area contributed by atoms with Crippen LogP contribution in [0.3, 0.4) is 0 Å². The van der Waals surface area contributed by atoms with Gasteiger partial charge in [0, 0.05) is 45.8 Å². The molecule has 3 rings (SSSR count). The maximum absolute atomic E-state index is 13.9. The maximum atomic E-state index is 13.9. The summed E-state index contributed by atoms with van der Waals surface area (Å²) < 4.78 is 13.9. The number of guanidine groups is 1. The van der Waals surface area contributed by atoms with E-state index in [-0.39, 0.29) is 29.8 Å². The van der Waals surface area contributed by atoms with Gasteiger partial charge in [-0.3, -0.25) is 9.89 Å². The number of piperazine rings is 1. The highest BCUT2D eigenvalue weighted by Gasteiger charge is 2.21. The Kier molecular flexibility index (Phi) is 9.61. The molecule has 7 heteroatoms. The standard InChI is InChI=1S/C20H32FN5.HI/c1-2-22-20(24-16-17-8-9-17)23-10-5-11-25-12-14-26(15-13-25)19-7-4-3-6-18(19)21;/h3-4,6-7,17H,2,5,8-16H2,1H3,(H2,22,23,24);1H. The molecule has 152 valence electrons. The monoisotopic (exact) mass is 489 g/mol. The van der Waals surface area contributed by atoms with Gasteiger partial charge in [0.25, 0.3) is 0 Å². The largest absolute Gasteiger partial charge is 0.367 e. The molecule has 0 spiro atoms. The Hall–Kier alpha value is -1.09. The highest BCUT2D eigenvalue weighted by atomic mass is 127. The first-order valence-electron chi connectivity index (χ1n) is 10.00. The molecule has 0 radical (unpaired) electrons. The van der Waals surface area contributed by atoms with Gasteiger partial charge in [-0.1, -0.05) is 12.1 Å². The number of nitrogens with zero attached hydrogens (tertiary/aromatic N) is 3. The minimum Gasteiger partial charge on any atom is -0.367 e. The lowest BCUT2D eigenvalue weighted by molar-refractivity contribution is 0.254. The summed E-state index contributed by atoms with van der Waals surface area (Å²) in [5.74, 6) is 1.64. The van der Waals surface area contributed by atoms with Crippen molar-refractivity contribution in [2.45, 2.75) is 26.2 Å². The van der Waals surface area contributed by atoms with E-state index in [9.17, 15) is 4.39 Å². The van der Waals surface area contributed by atoms with Crippen LogP contribution < -0.4 is 15.5 Å². The van der Waals surface area contributed by atoms with Gasteiger partial charge in [-0.2, -0.15) is 0 Å². The first kappa shape index (κ1) is 22.2. The molecule has 2 N–H and O–H groups in total. The van der Waals surface area contributed by atoms with E-state index in [2.05, 4.69) is 32.3 Å². The van der Waals surface area contributed by atoms with Crippen LogP contribution in [0.1, 0.15) is 26.2 Å². The molecule has 1 heterocycles. The second-order valence-electron chi connectivity index (χ2n) is 7.22. The van der Waals surface area contributed by atoms with Crippen LogP contribution in [0.4, 0.5) is 10.1 Å². The van der Waals surface area contributed by atoms with Crippen molar-refractivity contribution >= 4 is 35.6 Å². The van der Waals surface area contributed by atoms with E-state index in [1.165, 1.54) is 12.8 Å². The number of para-hydroxylation sites is 1. The van der Waals surface area contributed by atoms with Crippen LogP contribution in [0.15, 0.2) is 29.3 Å². The fourth-order valence-electron chi connectivity index (χ4n) is 3.29. The van der Waals surface area contributed by atoms with Crippen LogP contribution in [-0.2, 0) is 0 Å². The summed E-state index contributed by atoms with van der Waals surface area (Å²) in [6.45, 7) is 9.71. The molecule has 0 amide bonds.